The van der Waals surface area contributed by atoms with Gasteiger partial charge in [0.05, 0.1) is 17.4 Å². The van der Waals surface area contributed by atoms with Crippen LogP contribution in [0.4, 0.5) is 0 Å². The van der Waals surface area contributed by atoms with Crippen molar-refractivity contribution < 1.29 is 14.3 Å². The number of pyridine rings is 1. The molecule has 144 valence electrons. The van der Waals surface area contributed by atoms with E-state index < -0.39 is 0 Å². The summed E-state index contributed by atoms with van der Waals surface area (Å²) in [6.07, 6.45) is 3.54. The second-order valence-electron chi connectivity index (χ2n) is 6.97. The second-order valence-corrected chi connectivity index (χ2v) is 6.97. The summed E-state index contributed by atoms with van der Waals surface area (Å²) in [6.45, 7) is 5.57. The molecule has 0 spiro atoms. The van der Waals surface area contributed by atoms with Gasteiger partial charge < -0.3 is 18.9 Å². The van der Waals surface area contributed by atoms with E-state index in [0.29, 0.717) is 25.3 Å². The molecule has 0 aliphatic carbocycles. The summed E-state index contributed by atoms with van der Waals surface area (Å²) in [5.74, 6) is 1.47. The van der Waals surface area contributed by atoms with Crippen molar-refractivity contribution in [1.82, 2.24) is 14.5 Å². The van der Waals surface area contributed by atoms with Gasteiger partial charge >= 0.3 is 0 Å². The molecule has 1 aliphatic heterocycles. The van der Waals surface area contributed by atoms with Crippen molar-refractivity contribution in [1.29, 1.82) is 0 Å². The molecule has 6 nitrogen and oxygen atoms in total. The van der Waals surface area contributed by atoms with Gasteiger partial charge in [0.15, 0.2) is 11.5 Å². The molecule has 28 heavy (non-hydrogen) atoms. The molecule has 0 unspecified atom stereocenters. The molecule has 1 aromatic carbocycles. The van der Waals surface area contributed by atoms with Crippen LogP contribution in [0.1, 0.15) is 27.3 Å². The number of carbonyl (C=O) groups is 1. The van der Waals surface area contributed by atoms with Gasteiger partial charge in [-0.05, 0) is 49.7 Å². The van der Waals surface area contributed by atoms with Crippen molar-refractivity contribution in [2.24, 2.45) is 0 Å². The van der Waals surface area contributed by atoms with E-state index in [1.807, 2.05) is 57.3 Å². The number of fused-ring (bicyclic) bond motifs is 1. The first kappa shape index (κ1) is 18.1. The Kier molecular flexibility index (Phi) is 4.77. The number of nitrogens with zero attached hydrogens (tertiary/aromatic N) is 3. The number of rotatable bonds is 4. The summed E-state index contributed by atoms with van der Waals surface area (Å²) in [5.41, 5.74) is 4.56. The second kappa shape index (κ2) is 7.38. The van der Waals surface area contributed by atoms with E-state index in [9.17, 15) is 4.79 Å². The number of hydrogen-bond acceptors (Lipinski definition) is 4. The Hall–Kier alpha value is -3.28. The predicted octanol–water partition coefficient (Wildman–Crippen LogP) is 3.53. The maximum Gasteiger partial charge on any atom is 0.255 e. The lowest BCUT2D eigenvalue weighted by molar-refractivity contribution is 0.0784. The van der Waals surface area contributed by atoms with Crippen LogP contribution in [-0.4, -0.2) is 40.6 Å². The molecule has 0 bridgehead atoms. The van der Waals surface area contributed by atoms with Crippen LogP contribution in [0, 0.1) is 13.8 Å². The third kappa shape index (κ3) is 3.33. The van der Waals surface area contributed by atoms with Crippen LogP contribution in [0.15, 0.2) is 48.8 Å². The monoisotopic (exact) mass is 377 g/mol. The fraction of sp³-hybridized carbons (Fsp3) is 0.273. The van der Waals surface area contributed by atoms with E-state index in [1.54, 1.807) is 17.3 Å². The summed E-state index contributed by atoms with van der Waals surface area (Å²) in [5, 5.41) is 0. The number of aryl methyl sites for hydroxylation is 1. The van der Waals surface area contributed by atoms with Gasteiger partial charge in [-0.2, -0.15) is 0 Å². The summed E-state index contributed by atoms with van der Waals surface area (Å²) in [7, 11) is 1.81. The van der Waals surface area contributed by atoms with E-state index in [0.717, 1.165) is 34.1 Å². The molecular formula is C22H23N3O3. The van der Waals surface area contributed by atoms with Gasteiger partial charge in [0.2, 0.25) is 0 Å². The molecule has 6 heteroatoms. The van der Waals surface area contributed by atoms with Crippen LogP contribution in [0.5, 0.6) is 11.5 Å². The highest BCUT2D eigenvalue weighted by atomic mass is 16.6. The minimum absolute atomic E-state index is 0.0156. The molecule has 2 aromatic heterocycles. The summed E-state index contributed by atoms with van der Waals surface area (Å²) >= 11 is 0. The van der Waals surface area contributed by atoms with Gasteiger partial charge in [0.1, 0.15) is 13.2 Å². The van der Waals surface area contributed by atoms with Crippen LogP contribution in [0.2, 0.25) is 0 Å². The van der Waals surface area contributed by atoms with Crippen molar-refractivity contribution >= 4 is 5.91 Å². The van der Waals surface area contributed by atoms with Gasteiger partial charge in [0.25, 0.3) is 5.91 Å². The van der Waals surface area contributed by atoms with Gasteiger partial charge in [0, 0.05) is 31.2 Å². The number of aromatic nitrogens is 2. The van der Waals surface area contributed by atoms with E-state index in [1.165, 1.54) is 0 Å². The number of benzene rings is 1. The number of carbonyl (C=O) groups excluding carboxylic acids is 1. The molecule has 1 amide bonds. The zero-order chi connectivity index (χ0) is 19.7. The molecule has 3 aromatic rings. The van der Waals surface area contributed by atoms with Crippen LogP contribution in [-0.2, 0) is 6.54 Å². The zero-order valence-electron chi connectivity index (χ0n) is 16.3. The van der Waals surface area contributed by atoms with E-state index in [-0.39, 0.29) is 5.91 Å². The molecule has 4 rings (SSSR count). The van der Waals surface area contributed by atoms with E-state index in [2.05, 4.69) is 9.55 Å². The predicted molar refractivity (Wildman–Crippen MR) is 106 cm³/mol. The van der Waals surface area contributed by atoms with Crippen LogP contribution in [0.25, 0.3) is 5.69 Å². The zero-order valence-corrected chi connectivity index (χ0v) is 16.3. The lowest BCUT2D eigenvalue weighted by Gasteiger charge is -2.21. The normalized spacial score (nSPS) is 12.7. The maximum absolute atomic E-state index is 13.1. The van der Waals surface area contributed by atoms with Crippen molar-refractivity contribution in [2.45, 2.75) is 20.4 Å². The SMILES string of the molecule is Cc1cc(C(=O)N(C)Cc2ccc3c(c2)OCCO3)c(C)n1-c1cccnc1. The minimum Gasteiger partial charge on any atom is -0.486 e. The van der Waals surface area contributed by atoms with Crippen LogP contribution >= 0.6 is 0 Å². The summed E-state index contributed by atoms with van der Waals surface area (Å²) in [4.78, 5) is 19.0. The highest BCUT2D eigenvalue weighted by Gasteiger charge is 2.21. The van der Waals surface area contributed by atoms with Crippen LogP contribution in [0.3, 0.4) is 0 Å². The lowest BCUT2D eigenvalue weighted by Crippen LogP contribution is -2.26. The molecule has 0 atom stereocenters. The Bertz CT molecular complexity index is 1010. The largest absolute Gasteiger partial charge is 0.486 e. The summed E-state index contributed by atoms with van der Waals surface area (Å²) < 4.78 is 13.3. The molecule has 3 heterocycles. The molecule has 0 saturated carbocycles. The quantitative estimate of drug-likeness (QED) is 0.698. The van der Waals surface area contributed by atoms with E-state index in [4.69, 9.17) is 9.47 Å². The standard InChI is InChI=1S/C22H23N3O3/c1-15-11-19(16(2)25(15)18-5-4-8-23-13-18)22(26)24(3)14-17-6-7-20-21(12-17)28-10-9-27-20/h4-8,11-13H,9-10,14H2,1-3H3. The smallest absolute Gasteiger partial charge is 0.255 e. The molecule has 0 fully saturated rings. The van der Waals surface area contributed by atoms with Gasteiger partial charge in [-0.15, -0.1) is 0 Å². The maximum atomic E-state index is 13.1. The van der Waals surface area contributed by atoms with Crippen molar-refractivity contribution in [3.63, 3.8) is 0 Å². The number of amides is 1. The van der Waals surface area contributed by atoms with E-state index >= 15 is 0 Å². The number of hydrogen-bond donors (Lipinski definition) is 0. The highest BCUT2D eigenvalue weighted by molar-refractivity contribution is 5.95. The summed E-state index contributed by atoms with van der Waals surface area (Å²) in [6, 6.07) is 11.6. The van der Waals surface area contributed by atoms with Crippen molar-refractivity contribution in [3.8, 4) is 17.2 Å². The van der Waals surface area contributed by atoms with Gasteiger partial charge in [-0.25, -0.2) is 0 Å². The Morgan fingerprint density at radius 2 is 1.93 bits per heavy atom. The first-order chi connectivity index (χ1) is 13.5. The third-order valence-electron chi connectivity index (χ3n) is 4.94. The first-order valence-electron chi connectivity index (χ1n) is 9.28. The molecule has 0 radical (unpaired) electrons. The lowest BCUT2D eigenvalue weighted by atomic mass is 10.1. The Balaban J connectivity index is 1.56. The average Bonchev–Trinajstić information content (AvgIpc) is 3.02. The fourth-order valence-corrected chi connectivity index (χ4v) is 3.60. The third-order valence-corrected chi connectivity index (χ3v) is 4.94. The van der Waals surface area contributed by atoms with Crippen molar-refractivity contribution in [3.05, 3.63) is 71.3 Å². The van der Waals surface area contributed by atoms with Gasteiger partial charge in [-0.3, -0.25) is 9.78 Å². The Labute approximate surface area is 164 Å². The molecule has 0 N–H and O–H groups in total. The topological polar surface area (TPSA) is 56.6 Å². The minimum atomic E-state index is -0.0156. The molecule has 0 saturated heterocycles. The Morgan fingerprint density at radius 3 is 2.68 bits per heavy atom. The van der Waals surface area contributed by atoms with Gasteiger partial charge in [-0.1, -0.05) is 6.07 Å². The molecular weight excluding hydrogens is 354 g/mol. The average molecular weight is 377 g/mol. The fourth-order valence-electron chi connectivity index (χ4n) is 3.60. The van der Waals surface area contributed by atoms with Crippen LogP contribution < -0.4 is 9.47 Å². The Morgan fingerprint density at radius 1 is 1.14 bits per heavy atom. The van der Waals surface area contributed by atoms with Crippen molar-refractivity contribution in [2.75, 3.05) is 20.3 Å². The molecule has 1 aliphatic rings. The first-order valence-corrected chi connectivity index (χ1v) is 9.28. The number of ether oxygens (including phenoxy) is 2. The highest BCUT2D eigenvalue weighted by Crippen LogP contribution is 2.31.